The monoisotopic (exact) mass is 244 g/mol. The van der Waals surface area contributed by atoms with E-state index in [1.54, 1.807) is 0 Å². The molecule has 0 radical (unpaired) electrons. The van der Waals surface area contributed by atoms with Crippen LogP contribution in [0.2, 0.25) is 0 Å². The van der Waals surface area contributed by atoms with Crippen LogP contribution in [0.25, 0.3) is 0 Å². The van der Waals surface area contributed by atoms with Crippen LogP contribution in [-0.2, 0) is 6.61 Å². The minimum absolute atomic E-state index is 0.407. The van der Waals surface area contributed by atoms with E-state index in [0.717, 1.165) is 17.3 Å². The summed E-state index contributed by atoms with van der Waals surface area (Å²) in [5.74, 6) is 1.93. The maximum Gasteiger partial charge on any atom is 0.130 e. The van der Waals surface area contributed by atoms with Crippen molar-refractivity contribution in [3.63, 3.8) is 0 Å². The fourth-order valence-corrected chi connectivity index (χ4v) is 2.10. The van der Waals surface area contributed by atoms with Crippen LogP contribution in [0, 0.1) is 13.8 Å². The summed E-state index contributed by atoms with van der Waals surface area (Å²) in [5, 5.41) is 0. The molecule has 0 aliphatic heterocycles. The summed E-state index contributed by atoms with van der Waals surface area (Å²) in [5.41, 5.74) is 2.36. The molecule has 2 aromatic rings. The van der Waals surface area contributed by atoms with Crippen molar-refractivity contribution in [2.45, 2.75) is 40.3 Å². The Morgan fingerprint density at radius 1 is 1.17 bits per heavy atom. The molecule has 0 saturated carbocycles. The zero-order chi connectivity index (χ0) is 13.1. The molecule has 0 saturated heterocycles. The van der Waals surface area contributed by atoms with Crippen LogP contribution in [0.3, 0.4) is 0 Å². The Hall–Kier alpha value is -1.77. The predicted molar refractivity (Wildman–Crippen MR) is 72.9 cm³/mol. The van der Waals surface area contributed by atoms with Crippen LogP contribution >= 0.6 is 0 Å². The highest BCUT2D eigenvalue weighted by Crippen LogP contribution is 2.17. The highest BCUT2D eigenvalue weighted by Gasteiger charge is 2.09. The molecule has 0 spiro atoms. The molecule has 0 N–H and O–H groups in total. The quantitative estimate of drug-likeness (QED) is 0.820. The average Bonchev–Trinajstić information content (AvgIpc) is 2.70. The van der Waals surface area contributed by atoms with E-state index in [4.69, 9.17) is 4.74 Å². The van der Waals surface area contributed by atoms with Crippen molar-refractivity contribution in [1.82, 2.24) is 9.55 Å². The van der Waals surface area contributed by atoms with Gasteiger partial charge in [0.2, 0.25) is 0 Å². The van der Waals surface area contributed by atoms with E-state index in [-0.39, 0.29) is 0 Å². The Bertz CT molecular complexity index is 512. The predicted octanol–water partition coefficient (Wildman–Crippen LogP) is 3.66. The SMILES string of the molecule is Cc1ccc(OCc2cnc(C)n2C(C)C)cc1. The van der Waals surface area contributed by atoms with E-state index in [1.807, 2.05) is 25.3 Å². The van der Waals surface area contributed by atoms with E-state index in [0.29, 0.717) is 12.6 Å². The Balaban J connectivity index is 2.08. The first-order chi connectivity index (χ1) is 8.58. The van der Waals surface area contributed by atoms with Crippen molar-refractivity contribution in [3.8, 4) is 5.75 Å². The normalized spacial score (nSPS) is 10.9. The summed E-state index contributed by atoms with van der Waals surface area (Å²) in [4.78, 5) is 4.35. The smallest absolute Gasteiger partial charge is 0.130 e. The molecule has 1 aromatic heterocycles. The first kappa shape index (κ1) is 12.7. The molecule has 96 valence electrons. The molecule has 0 aliphatic carbocycles. The van der Waals surface area contributed by atoms with E-state index < -0.39 is 0 Å². The number of nitrogens with zero attached hydrogens (tertiary/aromatic N) is 2. The third-order valence-corrected chi connectivity index (χ3v) is 2.98. The van der Waals surface area contributed by atoms with Crippen LogP contribution in [0.4, 0.5) is 0 Å². The number of rotatable bonds is 4. The van der Waals surface area contributed by atoms with Crippen LogP contribution in [0.15, 0.2) is 30.5 Å². The maximum atomic E-state index is 5.79. The van der Waals surface area contributed by atoms with Gasteiger partial charge in [-0.2, -0.15) is 0 Å². The van der Waals surface area contributed by atoms with Crippen molar-refractivity contribution >= 4 is 0 Å². The van der Waals surface area contributed by atoms with Crippen molar-refractivity contribution in [2.24, 2.45) is 0 Å². The molecule has 2 rings (SSSR count). The van der Waals surface area contributed by atoms with Gasteiger partial charge in [0.05, 0.1) is 11.9 Å². The molecule has 0 aliphatic rings. The van der Waals surface area contributed by atoms with Gasteiger partial charge in [0, 0.05) is 6.04 Å². The molecule has 3 heteroatoms. The Kier molecular flexibility index (Phi) is 3.70. The zero-order valence-corrected chi connectivity index (χ0v) is 11.5. The first-order valence-corrected chi connectivity index (χ1v) is 6.30. The Morgan fingerprint density at radius 2 is 1.83 bits per heavy atom. The van der Waals surface area contributed by atoms with Crippen molar-refractivity contribution in [2.75, 3.05) is 0 Å². The van der Waals surface area contributed by atoms with Crippen LogP contribution < -0.4 is 4.74 Å². The fraction of sp³-hybridized carbons (Fsp3) is 0.400. The molecule has 0 fully saturated rings. The molecule has 1 aromatic carbocycles. The lowest BCUT2D eigenvalue weighted by molar-refractivity contribution is 0.291. The lowest BCUT2D eigenvalue weighted by Gasteiger charge is -2.14. The second-order valence-electron chi connectivity index (χ2n) is 4.86. The van der Waals surface area contributed by atoms with E-state index in [9.17, 15) is 0 Å². The number of hydrogen-bond acceptors (Lipinski definition) is 2. The van der Waals surface area contributed by atoms with Gasteiger partial charge in [-0.25, -0.2) is 4.98 Å². The minimum Gasteiger partial charge on any atom is -0.487 e. The molecule has 0 bridgehead atoms. The summed E-state index contributed by atoms with van der Waals surface area (Å²) in [6.07, 6.45) is 1.89. The number of hydrogen-bond donors (Lipinski definition) is 0. The molecular weight excluding hydrogens is 224 g/mol. The molecule has 0 atom stereocenters. The van der Waals surface area contributed by atoms with Gasteiger partial charge in [0.25, 0.3) is 0 Å². The van der Waals surface area contributed by atoms with Gasteiger partial charge in [0.1, 0.15) is 18.2 Å². The first-order valence-electron chi connectivity index (χ1n) is 6.30. The van der Waals surface area contributed by atoms with Crippen molar-refractivity contribution < 1.29 is 4.74 Å². The number of aromatic nitrogens is 2. The molecule has 3 nitrogen and oxygen atoms in total. The largest absolute Gasteiger partial charge is 0.487 e. The van der Waals surface area contributed by atoms with Crippen molar-refractivity contribution in [1.29, 1.82) is 0 Å². The van der Waals surface area contributed by atoms with Gasteiger partial charge in [-0.1, -0.05) is 17.7 Å². The maximum absolute atomic E-state index is 5.79. The Morgan fingerprint density at radius 3 is 2.44 bits per heavy atom. The number of benzene rings is 1. The lowest BCUT2D eigenvalue weighted by Crippen LogP contribution is -2.09. The van der Waals surface area contributed by atoms with Gasteiger partial charge in [-0.15, -0.1) is 0 Å². The summed E-state index contributed by atoms with van der Waals surface area (Å²) in [7, 11) is 0. The average molecular weight is 244 g/mol. The molecule has 0 unspecified atom stereocenters. The van der Waals surface area contributed by atoms with Gasteiger partial charge >= 0.3 is 0 Å². The molecule has 0 amide bonds. The molecular formula is C15H20N2O. The van der Waals surface area contributed by atoms with Gasteiger partial charge in [-0.05, 0) is 39.8 Å². The van der Waals surface area contributed by atoms with Crippen molar-refractivity contribution in [3.05, 3.63) is 47.5 Å². The molecule has 1 heterocycles. The minimum atomic E-state index is 0.407. The highest BCUT2D eigenvalue weighted by molar-refractivity contribution is 5.26. The van der Waals surface area contributed by atoms with E-state index in [1.165, 1.54) is 5.56 Å². The van der Waals surface area contributed by atoms with Gasteiger partial charge in [-0.3, -0.25) is 0 Å². The second-order valence-corrected chi connectivity index (χ2v) is 4.86. The second kappa shape index (κ2) is 5.25. The highest BCUT2D eigenvalue weighted by atomic mass is 16.5. The van der Waals surface area contributed by atoms with E-state index >= 15 is 0 Å². The summed E-state index contributed by atoms with van der Waals surface area (Å²) in [6, 6.07) is 8.51. The number of aryl methyl sites for hydroxylation is 2. The fourth-order valence-electron chi connectivity index (χ4n) is 2.10. The lowest BCUT2D eigenvalue weighted by atomic mass is 10.2. The number of imidazole rings is 1. The zero-order valence-electron chi connectivity index (χ0n) is 11.5. The molecule has 18 heavy (non-hydrogen) atoms. The van der Waals surface area contributed by atoms with Gasteiger partial charge in [0.15, 0.2) is 0 Å². The topological polar surface area (TPSA) is 27.1 Å². The Labute approximate surface area is 108 Å². The third kappa shape index (κ3) is 2.73. The summed E-state index contributed by atoms with van der Waals surface area (Å²) >= 11 is 0. The van der Waals surface area contributed by atoms with Gasteiger partial charge < -0.3 is 9.30 Å². The van der Waals surface area contributed by atoms with Crippen LogP contribution in [-0.4, -0.2) is 9.55 Å². The number of ether oxygens (including phenoxy) is 1. The summed E-state index contributed by atoms with van der Waals surface area (Å²) in [6.45, 7) is 8.96. The standard InChI is InChI=1S/C15H20N2O/c1-11(2)17-13(4)16-9-14(17)10-18-15-7-5-12(3)6-8-15/h5-9,11H,10H2,1-4H3. The van der Waals surface area contributed by atoms with Crippen LogP contribution in [0.1, 0.15) is 37.0 Å². The van der Waals surface area contributed by atoms with Crippen LogP contribution in [0.5, 0.6) is 5.75 Å². The summed E-state index contributed by atoms with van der Waals surface area (Å²) < 4.78 is 7.99. The third-order valence-electron chi connectivity index (χ3n) is 2.98. The van der Waals surface area contributed by atoms with E-state index in [2.05, 4.69) is 42.5 Å².